The van der Waals surface area contributed by atoms with Gasteiger partial charge in [-0.2, -0.15) is 0 Å². The first kappa shape index (κ1) is 9.20. The first-order valence-electron chi connectivity index (χ1n) is 5.37. The predicted molar refractivity (Wildman–Crippen MR) is 50.4 cm³/mol. The van der Waals surface area contributed by atoms with E-state index >= 15 is 0 Å². The molecule has 0 aliphatic heterocycles. The van der Waals surface area contributed by atoms with Gasteiger partial charge in [0.2, 0.25) is 0 Å². The van der Waals surface area contributed by atoms with Crippen molar-refractivity contribution < 1.29 is 9.90 Å². The van der Waals surface area contributed by atoms with Gasteiger partial charge in [0.15, 0.2) is 0 Å². The summed E-state index contributed by atoms with van der Waals surface area (Å²) in [5.74, 6) is 0. The maximum absolute atomic E-state index is 10.9. The van der Waals surface area contributed by atoms with Crippen molar-refractivity contribution in [3.63, 3.8) is 0 Å². The number of aliphatic hydroxyl groups is 1. The Hall–Kier alpha value is -0.370. The Bertz CT molecular complexity index is 202. The van der Waals surface area contributed by atoms with Crippen LogP contribution in [0.3, 0.4) is 0 Å². The zero-order valence-corrected chi connectivity index (χ0v) is 8.09. The van der Waals surface area contributed by atoms with Crippen LogP contribution in [0.1, 0.15) is 51.4 Å². The lowest BCUT2D eigenvalue weighted by atomic mass is 9.64. The molecule has 0 heterocycles. The summed E-state index contributed by atoms with van der Waals surface area (Å²) < 4.78 is 0. The Morgan fingerprint density at radius 1 is 1.08 bits per heavy atom. The van der Waals surface area contributed by atoms with Crippen molar-refractivity contribution >= 4 is 6.29 Å². The largest absolute Gasteiger partial charge is 0.390 e. The van der Waals surface area contributed by atoms with Gasteiger partial charge in [0.25, 0.3) is 0 Å². The number of hydrogen-bond donors (Lipinski definition) is 1. The Morgan fingerprint density at radius 3 is 2.00 bits per heavy atom. The Balaban J connectivity index is 1.80. The van der Waals surface area contributed by atoms with Gasteiger partial charge in [-0.05, 0) is 44.9 Å². The van der Waals surface area contributed by atoms with Gasteiger partial charge < -0.3 is 9.90 Å². The summed E-state index contributed by atoms with van der Waals surface area (Å²) >= 11 is 0. The fourth-order valence-corrected chi connectivity index (χ4v) is 2.37. The van der Waals surface area contributed by atoms with E-state index in [1.54, 1.807) is 0 Å². The maximum atomic E-state index is 10.9. The minimum absolute atomic E-state index is 0.0364. The van der Waals surface area contributed by atoms with Gasteiger partial charge in [-0.15, -0.1) is 0 Å². The molecule has 0 unspecified atom stereocenters. The molecular weight excluding hydrogens is 164 g/mol. The minimum Gasteiger partial charge on any atom is -0.390 e. The van der Waals surface area contributed by atoms with Gasteiger partial charge >= 0.3 is 0 Å². The Kier molecular flexibility index (Phi) is 2.18. The van der Waals surface area contributed by atoms with Crippen LogP contribution >= 0.6 is 0 Å². The van der Waals surface area contributed by atoms with E-state index in [0.717, 1.165) is 51.2 Å². The molecule has 2 aliphatic rings. The standard InChI is InChI=1S/C11H18O2/c12-9-10(3-1-4-10)7-8-11(13)5-2-6-11/h9,13H,1-8H2. The van der Waals surface area contributed by atoms with E-state index in [9.17, 15) is 9.90 Å². The molecule has 0 aromatic carbocycles. The SMILES string of the molecule is O=CC1(CCC2(O)CCC2)CCC1. The lowest BCUT2D eigenvalue weighted by Crippen LogP contribution is -2.40. The van der Waals surface area contributed by atoms with Gasteiger partial charge in [-0.1, -0.05) is 6.42 Å². The molecule has 2 fully saturated rings. The van der Waals surface area contributed by atoms with Gasteiger partial charge in [0, 0.05) is 5.41 Å². The Labute approximate surface area is 79.3 Å². The maximum Gasteiger partial charge on any atom is 0.126 e. The number of aldehydes is 1. The molecule has 0 atom stereocenters. The summed E-state index contributed by atoms with van der Waals surface area (Å²) in [7, 11) is 0. The zero-order chi connectivity index (χ0) is 9.36. The van der Waals surface area contributed by atoms with Crippen LogP contribution in [0.2, 0.25) is 0 Å². The fourth-order valence-electron chi connectivity index (χ4n) is 2.37. The molecule has 13 heavy (non-hydrogen) atoms. The quantitative estimate of drug-likeness (QED) is 0.676. The van der Waals surface area contributed by atoms with Gasteiger partial charge in [0.05, 0.1) is 5.60 Å². The van der Waals surface area contributed by atoms with Crippen molar-refractivity contribution in [3.05, 3.63) is 0 Å². The van der Waals surface area contributed by atoms with Crippen LogP contribution in [0.5, 0.6) is 0 Å². The predicted octanol–water partition coefficient (Wildman–Crippen LogP) is 2.05. The molecule has 0 aromatic heterocycles. The van der Waals surface area contributed by atoms with Crippen LogP contribution in [0.25, 0.3) is 0 Å². The molecule has 1 N–H and O–H groups in total. The third-order valence-electron chi connectivity index (χ3n) is 3.97. The average Bonchev–Trinajstić information content (AvgIpc) is 2.00. The van der Waals surface area contributed by atoms with Crippen molar-refractivity contribution in [1.82, 2.24) is 0 Å². The van der Waals surface area contributed by atoms with Crippen molar-refractivity contribution in [2.24, 2.45) is 5.41 Å². The highest BCUT2D eigenvalue weighted by atomic mass is 16.3. The topological polar surface area (TPSA) is 37.3 Å². The molecule has 2 aliphatic carbocycles. The van der Waals surface area contributed by atoms with Gasteiger partial charge in [-0.25, -0.2) is 0 Å². The van der Waals surface area contributed by atoms with E-state index in [1.807, 2.05) is 0 Å². The van der Waals surface area contributed by atoms with Crippen LogP contribution in [0.15, 0.2) is 0 Å². The average molecular weight is 182 g/mol. The van der Waals surface area contributed by atoms with E-state index in [4.69, 9.17) is 0 Å². The van der Waals surface area contributed by atoms with Crippen molar-refractivity contribution in [3.8, 4) is 0 Å². The second-order valence-corrected chi connectivity index (χ2v) is 4.91. The van der Waals surface area contributed by atoms with E-state index < -0.39 is 5.60 Å². The third-order valence-corrected chi connectivity index (χ3v) is 3.97. The molecule has 2 heteroatoms. The first-order valence-corrected chi connectivity index (χ1v) is 5.37. The van der Waals surface area contributed by atoms with E-state index in [0.29, 0.717) is 0 Å². The van der Waals surface area contributed by atoms with Crippen LogP contribution in [0.4, 0.5) is 0 Å². The Morgan fingerprint density at radius 2 is 1.69 bits per heavy atom. The summed E-state index contributed by atoms with van der Waals surface area (Å²) in [5.41, 5.74) is -0.434. The minimum atomic E-state index is -0.397. The summed E-state index contributed by atoms with van der Waals surface area (Å²) in [6.45, 7) is 0. The van der Waals surface area contributed by atoms with Crippen molar-refractivity contribution in [1.29, 1.82) is 0 Å². The van der Waals surface area contributed by atoms with E-state index in [-0.39, 0.29) is 5.41 Å². The van der Waals surface area contributed by atoms with Gasteiger partial charge in [0.1, 0.15) is 6.29 Å². The first-order chi connectivity index (χ1) is 6.18. The highest BCUT2D eigenvalue weighted by Gasteiger charge is 2.41. The number of hydrogen-bond acceptors (Lipinski definition) is 2. The molecule has 2 rings (SSSR count). The monoisotopic (exact) mass is 182 g/mol. The molecule has 2 nitrogen and oxygen atoms in total. The van der Waals surface area contributed by atoms with Crippen molar-refractivity contribution in [2.45, 2.75) is 57.0 Å². The second-order valence-electron chi connectivity index (χ2n) is 4.91. The molecular formula is C11H18O2. The fraction of sp³-hybridized carbons (Fsp3) is 0.909. The molecule has 0 radical (unpaired) electrons. The molecule has 2 saturated carbocycles. The van der Waals surface area contributed by atoms with Crippen LogP contribution in [-0.4, -0.2) is 17.0 Å². The van der Waals surface area contributed by atoms with Crippen LogP contribution in [-0.2, 0) is 4.79 Å². The van der Waals surface area contributed by atoms with Gasteiger partial charge in [-0.3, -0.25) is 0 Å². The lowest BCUT2D eigenvalue weighted by molar-refractivity contribution is -0.123. The zero-order valence-electron chi connectivity index (χ0n) is 8.09. The van der Waals surface area contributed by atoms with Crippen LogP contribution < -0.4 is 0 Å². The van der Waals surface area contributed by atoms with E-state index in [2.05, 4.69) is 0 Å². The van der Waals surface area contributed by atoms with Crippen LogP contribution in [0, 0.1) is 5.41 Å². The summed E-state index contributed by atoms with van der Waals surface area (Å²) in [5, 5.41) is 9.87. The molecule has 0 aromatic rings. The molecule has 0 amide bonds. The molecule has 74 valence electrons. The summed E-state index contributed by atoms with van der Waals surface area (Å²) in [4.78, 5) is 10.9. The number of rotatable bonds is 4. The van der Waals surface area contributed by atoms with E-state index in [1.165, 1.54) is 6.42 Å². The highest BCUT2D eigenvalue weighted by molar-refractivity contribution is 5.60. The molecule has 0 saturated heterocycles. The van der Waals surface area contributed by atoms with Crippen molar-refractivity contribution in [2.75, 3.05) is 0 Å². The highest BCUT2D eigenvalue weighted by Crippen LogP contribution is 2.46. The molecule has 0 bridgehead atoms. The summed E-state index contributed by atoms with van der Waals surface area (Å²) in [6, 6.07) is 0. The second kappa shape index (κ2) is 3.09. The number of carbonyl (C=O) groups is 1. The third kappa shape index (κ3) is 1.64. The lowest BCUT2D eigenvalue weighted by Gasteiger charge is -2.42. The number of carbonyl (C=O) groups excluding carboxylic acids is 1. The smallest absolute Gasteiger partial charge is 0.126 e. The molecule has 0 spiro atoms. The summed E-state index contributed by atoms with van der Waals surface area (Å²) in [6.07, 6.45) is 9.21. The normalized spacial score (nSPS) is 28.7.